The van der Waals surface area contributed by atoms with Crippen molar-refractivity contribution in [2.75, 3.05) is 19.8 Å². The van der Waals surface area contributed by atoms with Crippen LogP contribution < -0.4 is 0 Å². The fourth-order valence-electron chi connectivity index (χ4n) is 4.57. The zero-order valence-electron chi connectivity index (χ0n) is 22.3. The molecule has 0 aliphatic carbocycles. The van der Waals surface area contributed by atoms with Crippen molar-refractivity contribution in [3.63, 3.8) is 0 Å². The van der Waals surface area contributed by atoms with E-state index in [-0.39, 0.29) is 37.9 Å². The van der Waals surface area contributed by atoms with Gasteiger partial charge in [-0.2, -0.15) is 0 Å². The van der Waals surface area contributed by atoms with E-state index < -0.39 is 28.2 Å². The Bertz CT molecular complexity index is 820. The van der Waals surface area contributed by atoms with Crippen LogP contribution in [-0.4, -0.2) is 47.9 Å². The molecule has 3 atom stereocenters. The van der Waals surface area contributed by atoms with Gasteiger partial charge in [-0.15, -0.1) is 0 Å². The molecule has 7 heteroatoms. The number of hydrogen-bond acceptors (Lipinski definition) is 6. The Hall–Kier alpha value is -2.41. The average molecular weight is 493 g/mol. The summed E-state index contributed by atoms with van der Waals surface area (Å²) in [6.07, 6.45) is 3.06. The lowest BCUT2D eigenvalue weighted by molar-refractivity contribution is -0.162. The molecular weight excluding hydrogens is 448 g/mol. The summed E-state index contributed by atoms with van der Waals surface area (Å²) < 4.78 is 10.9. The molecule has 0 saturated carbocycles. The summed E-state index contributed by atoms with van der Waals surface area (Å²) in [5.74, 6) is -2.04. The highest BCUT2D eigenvalue weighted by Gasteiger charge is 2.46. The van der Waals surface area contributed by atoms with Crippen LogP contribution in [0.2, 0.25) is 0 Å². The van der Waals surface area contributed by atoms with Gasteiger partial charge in [-0.05, 0) is 71.3 Å². The Kier molecular flexibility index (Phi) is 11.9. The maximum atomic E-state index is 13.2. The number of aliphatic carboxylic acids is 1. The van der Waals surface area contributed by atoms with Crippen LogP contribution in [0.25, 0.3) is 0 Å². The molecule has 2 N–H and O–H groups in total. The van der Waals surface area contributed by atoms with Crippen LogP contribution in [0.3, 0.4) is 0 Å². The number of esters is 2. The van der Waals surface area contributed by atoms with Crippen molar-refractivity contribution in [1.29, 1.82) is 0 Å². The lowest BCUT2D eigenvalue weighted by Gasteiger charge is -2.38. The summed E-state index contributed by atoms with van der Waals surface area (Å²) in [5, 5.41) is 18.9. The number of aliphatic hydroxyl groups is 1. The van der Waals surface area contributed by atoms with Gasteiger partial charge in [0, 0.05) is 0 Å². The van der Waals surface area contributed by atoms with Gasteiger partial charge < -0.3 is 19.7 Å². The van der Waals surface area contributed by atoms with E-state index in [2.05, 4.69) is 0 Å². The van der Waals surface area contributed by atoms with Gasteiger partial charge in [0.05, 0.1) is 29.5 Å². The number of unbranched alkanes of at least 4 members (excludes halogenated alkanes) is 1. The van der Waals surface area contributed by atoms with E-state index >= 15 is 0 Å². The summed E-state index contributed by atoms with van der Waals surface area (Å²) in [5.41, 5.74) is -2.14. The first-order valence-electron chi connectivity index (χ1n) is 12.6. The van der Waals surface area contributed by atoms with Crippen LogP contribution in [0.1, 0.15) is 91.5 Å². The van der Waals surface area contributed by atoms with E-state index in [1.807, 2.05) is 51.1 Å². The standard InChI is InChI=1S/C28H44O7/c1-7-9-16-34-24(32)27(5,8-2)18-22(21-13-11-10-12-14-21)19-28(6,25(33)35-17-15-29)20-26(3,4)23(30)31/h10-14,22,29H,7-9,15-20H2,1-6H3,(H,30,31). The van der Waals surface area contributed by atoms with Gasteiger partial charge in [0.2, 0.25) is 0 Å². The highest BCUT2D eigenvalue weighted by atomic mass is 16.5. The summed E-state index contributed by atoms with van der Waals surface area (Å²) in [6, 6.07) is 9.65. The molecule has 0 fully saturated rings. The second-order valence-electron chi connectivity index (χ2n) is 10.7. The average Bonchev–Trinajstić information content (AvgIpc) is 2.82. The third-order valence-electron chi connectivity index (χ3n) is 6.90. The van der Waals surface area contributed by atoms with Gasteiger partial charge in [0.25, 0.3) is 0 Å². The number of benzene rings is 1. The van der Waals surface area contributed by atoms with Gasteiger partial charge >= 0.3 is 17.9 Å². The third-order valence-corrected chi connectivity index (χ3v) is 6.90. The number of carboxylic acid groups (broad SMARTS) is 1. The molecule has 198 valence electrons. The van der Waals surface area contributed by atoms with Crippen molar-refractivity contribution in [2.24, 2.45) is 16.2 Å². The second-order valence-corrected chi connectivity index (χ2v) is 10.7. The zero-order valence-corrected chi connectivity index (χ0v) is 22.3. The van der Waals surface area contributed by atoms with Gasteiger partial charge in [0.15, 0.2) is 0 Å². The minimum Gasteiger partial charge on any atom is -0.481 e. The molecule has 1 aromatic carbocycles. The van der Waals surface area contributed by atoms with Gasteiger partial charge in [0.1, 0.15) is 6.61 Å². The largest absolute Gasteiger partial charge is 0.481 e. The maximum Gasteiger partial charge on any atom is 0.311 e. The molecule has 0 heterocycles. The van der Waals surface area contributed by atoms with Crippen LogP contribution >= 0.6 is 0 Å². The Morgan fingerprint density at radius 1 is 0.886 bits per heavy atom. The van der Waals surface area contributed by atoms with Gasteiger partial charge in [-0.3, -0.25) is 14.4 Å². The molecule has 7 nitrogen and oxygen atoms in total. The van der Waals surface area contributed by atoms with Crippen LogP contribution in [0.5, 0.6) is 0 Å². The maximum absolute atomic E-state index is 13.2. The number of carbonyl (C=O) groups excluding carboxylic acids is 2. The first kappa shape index (κ1) is 30.6. The molecule has 1 aromatic rings. The summed E-state index contributed by atoms with van der Waals surface area (Å²) in [6.45, 7) is 10.7. The van der Waals surface area contributed by atoms with Crippen molar-refractivity contribution in [1.82, 2.24) is 0 Å². The van der Waals surface area contributed by atoms with E-state index in [9.17, 15) is 24.6 Å². The smallest absolute Gasteiger partial charge is 0.311 e. The van der Waals surface area contributed by atoms with E-state index in [4.69, 9.17) is 9.47 Å². The molecule has 0 amide bonds. The van der Waals surface area contributed by atoms with Gasteiger partial charge in [-0.25, -0.2) is 0 Å². The summed E-state index contributed by atoms with van der Waals surface area (Å²) in [4.78, 5) is 38.2. The number of rotatable bonds is 16. The molecule has 1 rings (SSSR count). The van der Waals surface area contributed by atoms with Crippen LogP contribution in [-0.2, 0) is 23.9 Å². The van der Waals surface area contributed by atoms with E-state index in [1.165, 1.54) is 0 Å². The quantitative estimate of drug-likeness (QED) is 0.236. The Balaban J connectivity index is 3.40. The van der Waals surface area contributed by atoms with Crippen molar-refractivity contribution in [3.8, 4) is 0 Å². The molecule has 0 bridgehead atoms. The summed E-state index contributed by atoms with van der Waals surface area (Å²) >= 11 is 0. The van der Waals surface area contributed by atoms with Crippen molar-refractivity contribution < 1.29 is 34.1 Å². The van der Waals surface area contributed by atoms with E-state index in [1.54, 1.807) is 20.8 Å². The highest BCUT2D eigenvalue weighted by molar-refractivity contribution is 5.80. The fraction of sp³-hybridized carbons (Fsp3) is 0.679. The molecule has 0 aromatic heterocycles. The predicted molar refractivity (Wildman–Crippen MR) is 135 cm³/mol. The van der Waals surface area contributed by atoms with E-state index in [0.29, 0.717) is 19.4 Å². The second kappa shape index (κ2) is 13.6. The molecule has 0 saturated heterocycles. The highest BCUT2D eigenvalue weighted by Crippen LogP contribution is 2.46. The normalized spacial score (nSPS) is 16.0. The van der Waals surface area contributed by atoms with Crippen molar-refractivity contribution in [2.45, 2.75) is 86.0 Å². The summed E-state index contributed by atoms with van der Waals surface area (Å²) in [7, 11) is 0. The van der Waals surface area contributed by atoms with Gasteiger partial charge in [-0.1, -0.05) is 50.6 Å². The Morgan fingerprint density at radius 3 is 1.94 bits per heavy atom. The third kappa shape index (κ3) is 8.95. The lowest BCUT2D eigenvalue weighted by atomic mass is 9.66. The molecule has 0 aliphatic rings. The molecule has 3 unspecified atom stereocenters. The molecular formula is C28H44O7. The minimum absolute atomic E-state index is 0.0483. The van der Waals surface area contributed by atoms with Crippen LogP contribution in [0.4, 0.5) is 0 Å². The first-order chi connectivity index (χ1) is 16.3. The zero-order chi connectivity index (χ0) is 26.7. The number of carboxylic acids is 1. The molecule has 0 radical (unpaired) electrons. The van der Waals surface area contributed by atoms with Crippen molar-refractivity contribution >= 4 is 17.9 Å². The topological polar surface area (TPSA) is 110 Å². The Labute approximate surface area is 210 Å². The molecule has 0 spiro atoms. The number of ether oxygens (including phenoxy) is 2. The predicted octanol–water partition coefficient (Wildman–Crippen LogP) is 5.35. The number of aliphatic hydroxyl groups excluding tert-OH is 1. The molecule has 35 heavy (non-hydrogen) atoms. The monoisotopic (exact) mass is 492 g/mol. The number of carbonyl (C=O) groups is 3. The van der Waals surface area contributed by atoms with Crippen molar-refractivity contribution in [3.05, 3.63) is 35.9 Å². The number of hydrogen-bond donors (Lipinski definition) is 2. The SMILES string of the molecule is CCCCOC(=O)C(C)(CC)CC(CC(C)(CC(C)(C)C(=O)O)C(=O)OCCO)c1ccccc1. The van der Waals surface area contributed by atoms with E-state index in [0.717, 1.165) is 18.4 Å². The minimum atomic E-state index is -1.18. The fourth-order valence-corrected chi connectivity index (χ4v) is 4.57. The lowest BCUT2D eigenvalue weighted by Crippen LogP contribution is -2.40. The Morgan fingerprint density at radius 2 is 1.43 bits per heavy atom. The van der Waals surface area contributed by atoms with Crippen LogP contribution in [0, 0.1) is 16.2 Å². The van der Waals surface area contributed by atoms with Crippen LogP contribution in [0.15, 0.2) is 30.3 Å². The molecule has 0 aliphatic heterocycles. The first-order valence-corrected chi connectivity index (χ1v) is 12.6.